The first-order valence-corrected chi connectivity index (χ1v) is 9.97. The predicted molar refractivity (Wildman–Crippen MR) is 114 cm³/mol. The number of rotatable bonds is 6. The lowest BCUT2D eigenvalue weighted by atomic mass is 10.2. The number of methoxy groups -OCH3 is 2. The summed E-state index contributed by atoms with van der Waals surface area (Å²) in [6.45, 7) is 1.31. The normalized spacial score (nSPS) is 16.2. The number of nitrogens with one attached hydrogen (secondary N) is 1. The molecule has 1 fully saturated rings. The number of ether oxygens (including phenoxy) is 2. The summed E-state index contributed by atoms with van der Waals surface area (Å²) >= 11 is 0. The summed E-state index contributed by atoms with van der Waals surface area (Å²) in [6, 6.07) is 9.60. The van der Waals surface area contributed by atoms with Gasteiger partial charge >= 0.3 is 6.18 Å². The van der Waals surface area contributed by atoms with E-state index in [9.17, 15) is 13.2 Å². The van der Waals surface area contributed by atoms with Gasteiger partial charge in [0.1, 0.15) is 17.3 Å². The zero-order chi connectivity index (χ0) is 22.7. The molecular formula is C22H22F3N5O2. The number of aromatic nitrogens is 3. The number of anilines is 2. The third-order valence-corrected chi connectivity index (χ3v) is 5.20. The highest BCUT2D eigenvalue weighted by atomic mass is 19.4. The van der Waals surface area contributed by atoms with Gasteiger partial charge in [-0.2, -0.15) is 13.2 Å². The maximum Gasteiger partial charge on any atom is 0.433 e. The summed E-state index contributed by atoms with van der Waals surface area (Å²) in [5, 5.41) is 3.15. The van der Waals surface area contributed by atoms with Crippen molar-refractivity contribution in [3.63, 3.8) is 0 Å². The summed E-state index contributed by atoms with van der Waals surface area (Å²) < 4.78 is 51.0. The monoisotopic (exact) mass is 445 g/mol. The minimum Gasteiger partial charge on any atom is -0.497 e. The van der Waals surface area contributed by atoms with Crippen molar-refractivity contribution in [2.45, 2.75) is 18.6 Å². The van der Waals surface area contributed by atoms with Crippen LogP contribution >= 0.6 is 0 Å². The first-order chi connectivity index (χ1) is 15.4. The number of benzene rings is 1. The first kappa shape index (κ1) is 21.7. The zero-order valence-corrected chi connectivity index (χ0v) is 17.6. The quantitative estimate of drug-likeness (QED) is 0.608. The summed E-state index contributed by atoms with van der Waals surface area (Å²) in [5.41, 5.74) is 0.390. The minimum absolute atomic E-state index is 0.00268. The number of pyridine rings is 1. The Hall–Kier alpha value is -3.56. The molecule has 168 valence electrons. The van der Waals surface area contributed by atoms with Crippen LogP contribution in [0.3, 0.4) is 0 Å². The molecule has 3 heterocycles. The molecule has 0 saturated carbocycles. The number of nitrogens with zero attached hydrogens (tertiary/aromatic N) is 4. The molecule has 0 spiro atoms. The van der Waals surface area contributed by atoms with E-state index in [4.69, 9.17) is 9.47 Å². The Morgan fingerprint density at radius 1 is 1.00 bits per heavy atom. The van der Waals surface area contributed by atoms with Crippen molar-refractivity contribution in [3.05, 3.63) is 54.5 Å². The lowest BCUT2D eigenvalue weighted by molar-refractivity contribution is -0.141. The van der Waals surface area contributed by atoms with Crippen LogP contribution in [-0.2, 0) is 6.18 Å². The van der Waals surface area contributed by atoms with Crippen molar-refractivity contribution in [2.75, 3.05) is 37.5 Å². The Labute approximate surface area is 183 Å². The van der Waals surface area contributed by atoms with Gasteiger partial charge in [0.15, 0.2) is 11.5 Å². The largest absolute Gasteiger partial charge is 0.497 e. The van der Waals surface area contributed by atoms with Crippen molar-refractivity contribution in [1.29, 1.82) is 0 Å². The summed E-state index contributed by atoms with van der Waals surface area (Å²) in [6.07, 6.45) is -0.873. The third kappa shape index (κ3) is 4.84. The van der Waals surface area contributed by atoms with E-state index in [0.717, 1.165) is 24.7 Å². The molecule has 1 atom stereocenters. The highest BCUT2D eigenvalue weighted by molar-refractivity contribution is 5.59. The van der Waals surface area contributed by atoms with Gasteiger partial charge in [-0.3, -0.25) is 4.98 Å². The predicted octanol–water partition coefficient (Wildman–Crippen LogP) is 4.27. The molecule has 3 aromatic rings. The molecule has 0 bridgehead atoms. The molecule has 0 aliphatic carbocycles. The number of alkyl halides is 3. The van der Waals surface area contributed by atoms with Gasteiger partial charge in [0.05, 0.1) is 14.2 Å². The molecule has 1 aromatic carbocycles. The van der Waals surface area contributed by atoms with Crippen LogP contribution in [0.4, 0.5) is 24.7 Å². The second-order valence-electron chi connectivity index (χ2n) is 7.34. The Balaban J connectivity index is 1.56. The van der Waals surface area contributed by atoms with Gasteiger partial charge in [-0.15, -0.1) is 0 Å². The van der Waals surface area contributed by atoms with E-state index in [1.54, 1.807) is 32.4 Å². The van der Waals surface area contributed by atoms with E-state index in [-0.39, 0.29) is 17.7 Å². The molecule has 1 N–H and O–H groups in total. The molecule has 7 nitrogen and oxygen atoms in total. The Morgan fingerprint density at radius 2 is 1.69 bits per heavy atom. The lowest BCUT2D eigenvalue weighted by Gasteiger charge is -2.21. The highest BCUT2D eigenvalue weighted by Gasteiger charge is 2.34. The lowest BCUT2D eigenvalue weighted by Crippen LogP contribution is -2.26. The van der Waals surface area contributed by atoms with E-state index < -0.39 is 11.9 Å². The molecule has 4 rings (SSSR count). The summed E-state index contributed by atoms with van der Waals surface area (Å²) in [5.74, 6) is 1.47. The van der Waals surface area contributed by atoms with Crippen LogP contribution in [0.25, 0.3) is 11.4 Å². The topological polar surface area (TPSA) is 72.4 Å². The molecule has 10 heteroatoms. The Kier molecular flexibility index (Phi) is 6.02. The van der Waals surface area contributed by atoms with Gasteiger partial charge in [0.2, 0.25) is 0 Å². The average Bonchev–Trinajstić information content (AvgIpc) is 3.27. The average molecular weight is 445 g/mol. The van der Waals surface area contributed by atoms with E-state index in [1.165, 1.54) is 12.4 Å². The van der Waals surface area contributed by atoms with Crippen molar-refractivity contribution >= 4 is 11.5 Å². The van der Waals surface area contributed by atoms with Crippen LogP contribution < -0.4 is 19.7 Å². The molecule has 1 saturated heterocycles. The second-order valence-corrected chi connectivity index (χ2v) is 7.34. The summed E-state index contributed by atoms with van der Waals surface area (Å²) in [4.78, 5) is 14.0. The SMILES string of the molecule is COc1cc(OC)cc(N2CCC(Nc3cc(C(F)(F)F)nc(-c4ccncc4)n3)C2)c1. The van der Waals surface area contributed by atoms with Gasteiger partial charge in [-0.1, -0.05) is 0 Å². The molecule has 1 unspecified atom stereocenters. The van der Waals surface area contributed by atoms with Gasteiger partial charge < -0.3 is 19.7 Å². The van der Waals surface area contributed by atoms with E-state index in [1.807, 2.05) is 12.1 Å². The number of hydrogen-bond acceptors (Lipinski definition) is 7. The van der Waals surface area contributed by atoms with E-state index in [0.29, 0.717) is 23.6 Å². The number of hydrogen-bond donors (Lipinski definition) is 1. The van der Waals surface area contributed by atoms with Crippen molar-refractivity contribution in [2.24, 2.45) is 0 Å². The van der Waals surface area contributed by atoms with Crippen LogP contribution in [-0.4, -0.2) is 48.3 Å². The van der Waals surface area contributed by atoms with Crippen molar-refractivity contribution < 1.29 is 22.6 Å². The fourth-order valence-electron chi connectivity index (χ4n) is 3.59. The van der Waals surface area contributed by atoms with Crippen LogP contribution in [0.15, 0.2) is 48.8 Å². The third-order valence-electron chi connectivity index (χ3n) is 5.20. The van der Waals surface area contributed by atoms with Crippen LogP contribution in [0, 0.1) is 0 Å². The molecule has 1 aliphatic heterocycles. The Bertz CT molecular complexity index is 1060. The molecular weight excluding hydrogens is 423 g/mol. The van der Waals surface area contributed by atoms with Gasteiger partial charge in [0, 0.05) is 67.0 Å². The molecule has 0 radical (unpaired) electrons. The van der Waals surface area contributed by atoms with Crippen molar-refractivity contribution in [1.82, 2.24) is 15.0 Å². The first-order valence-electron chi connectivity index (χ1n) is 9.97. The molecule has 0 amide bonds. The molecule has 32 heavy (non-hydrogen) atoms. The highest BCUT2D eigenvalue weighted by Crippen LogP contribution is 2.33. The van der Waals surface area contributed by atoms with Gasteiger partial charge in [-0.05, 0) is 18.6 Å². The summed E-state index contributed by atoms with van der Waals surface area (Å²) in [7, 11) is 3.17. The van der Waals surface area contributed by atoms with Crippen LogP contribution in [0.2, 0.25) is 0 Å². The maximum atomic E-state index is 13.4. The van der Waals surface area contributed by atoms with Crippen LogP contribution in [0.1, 0.15) is 12.1 Å². The fourth-order valence-corrected chi connectivity index (χ4v) is 3.59. The Morgan fingerprint density at radius 3 is 2.31 bits per heavy atom. The van der Waals surface area contributed by atoms with Gasteiger partial charge in [0.25, 0.3) is 0 Å². The second kappa shape index (κ2) is 8.89. The van der Waals surface area contributed by atoms with E-state index >= 15 is 0 Å². The van der Waals surface area contributed by atoms with Crippen LogP contribution in [0.5, 0.6) is 11.5 Å². The van der Waals surface area contributed by atoms with Gasteiger partial charge in [-0.25, -0.2) is 9.97 Å². The maximum absolute atomic E-state index is 13.4. The standard InChI is InChI=1S/C22H22F3N5O2/c1-31-17-9-16(10-18(11-17)32-2)30-8-5-15(13-30)27-20-12-19(22(23,24)25)28-21(29-20)14-3-6-26-7-4-14/h3-4,6-7,9-12,15H,5,8,13H2,1-2H3,(H,27,28,29). The zero-order valence-electron chi connectivity index (χ0n) is 17.6. The van der Waals surface area contributed by atoms with E-state index in [2.05, 4.69) is 25.2 Å². The number of halogens is 3. The molecule has 1 aliphatic rings. The molecule has 2 aromatic heterocycles. The minimum atomic E-state index is -4.58. The smallest absolute Gasteiger partial charge is 0.433 e. The fraction of sp³-hybridized carbons (Fsp3) is 0.318. The van der Waals surface area contributed by atoms with Crippen molar-refractivity contribution in [3.8, 4) is 22.9 Å².